The summed E-state index contributed by atoms with van der Waals surface area (Å²) in [4.78, 5) is 0. The van der Waals surface area contributed by atoms with Crippen LogP contribution in [-0.2, 0) is 14.8 Å². The molecule has 0 radical (unpaired) electrons. The van der Waals surface area contributed by atoms with Crippen molar-refractivity contribution in [3.05, 3.63) is 0 Å². The van der Waals surface area contributed by atoms with Crippen LogP contribution in [-0.4, -0.2) is 47.5 Å². The third-order valence-corrected chi connectivity index (χ3v) is 4.01. The second-order valence-corrected chi connectivity index (χ2v) is 6.30. The van der Waals surface area contributed by atoms with E-state index in [1.165, 1.54) is 0 Å². The van der Waals surface area contributed by atoms with Gasteiger partial charge < -0.3 is 10.1 Å². The fourth-order valence-corrected chi connectivity index (χ4v) is 2.66. The molecule has 0 bridgehead atoms. The summed E-state index contributed by atoms with van der Waals surface area (Å²) < 4.78 is 30.7. The van der Waals surface area contributed by atoms with Crippen LogP contribution >= 0.6 is 0 Å². The Balaban J connectivity index is 3.43. The number of hydrogen-bond donors (Lipinski definition) is 2. The number of ether oxygens (including phenoxy) is 1. The molecule has 0 rings (SSSR count). The molecule has 0 heterocycles. The summed E-state index contributed by atoms with van der Waals surface area (Å²) in [5.74, 6) is 0.210. The lowest BCUT2D eigenvalue weighted by Crippen LogP contribution is -2.29. The van der Waals surface area contributed by atoms with Crippen LogP contribution in [0.3, 0.4) is 0 Å². The van der Waals surface area contributed by atoms with Crippen molar-refractivity contribution < 1.29 is 13.2 Å². The summed E-state index contributed by atoms with van der Waals surface area (Å²) in [6, 6.07) is 0. The maximum atomic E-state index is 11.6. The van der Waals surface area contributed by atoms with Gasteiger partial charge in [0.25, 0.3) is 0 Å². The highest BCUT2D eigenvalue weighted by Crippen LogP contribution is 1.96. The molecule has 18 heavy (non-hydrogen) atoms. The summed E-state index contributed by atoms with van der Waals surface area (Å²) >= 11 is 0. The summed E-state index contributed by atoms with van der Waals surface area (Å²) in [7, 11) is -1.41. The molecular weight excluding hydrogens is 252 g/mol. The Morgan fingerprint density at radius 3 is 2.44 bits per heavy atom. The molecule has 0 atom stereocenters. The first-order valence-corrected chi connectivity index (χ1v) is 8.44. The van der Waals surface area contributed by atoms with Crippen LogP contribution < -0.4 is 10.0 Å². The van der Waals surface area contributed by atoms with Crippen molar-refractivity contribution in [2.24, 2.45) is 0 Å². The van der Waals surface area contributed by atoms with Gasteiger partial charge >= 0.3 is 0 Å². The zero-order valence-electron chi connectivity index (χ0n) is 11.7. The highest BCUT2D eigenvalue weighted by molar-refractivity contribution is 7.89. The van der Waals surface area contributed by atoms with E-state index in [1.54, 1.807) is 7.11 Å². The monoisotopic (exact) mass is 280 g/mol. The van der Waals surface area contributed by atoms with E-state index in [0.29, 0.717) is 13.0 Å². The van der Waals surface area contributed by atoms with E-state index in [-0.39, 0.29) is 5.75 Å². The lowest BCUT2D eigenvalue weighted by Gasteiger charge is -2.07. The van der Waals surface area contributed by atoms with Gasteiger partial charge in [0.15, 0.2) is 0 Å². The molecule has 0 aliphatic rings. The summed E-state index contributed by atoms with van der Waals surface area (Å²) in [6.07, 6.45) is 4.59. The first-order chi connectivity index (χ1) is 8.62. The van der Waals surface area contributed by atoms with Crippen molar-refractivity contribution in [1.29, 1.82) is 0 Å². The Hall–Kier alpha value is -0.170. The van der Waals surface area contributed by atoms with E-state index in [2.05, 4.69) is 17.0 Å². The van der Waals surface area contributed by atoms with Gasteiger partial charge in [-0.1, -0.05) is 6.92 Å². The third kappa shape index (κ3) is 12.3. The van der Waals surface area contributed by atoms with Crippen molar-refractivity contribution in [2.45, 2.75) is 39.0 Å². The molecule has 0 spiro atoms. The molecule has 0 unspecified atom stereocenters. The van der Waals surface area contributed by atoms with Crippen molar-refractivity contribution in [1.82, 2.24) is 10.0 Å². The lowest BCUT2D eigenvalue weighted by molar-refractivity contribution is 0.192. The molecule has 0 aliphatic carbocycles. The highest BCUT2D eigenvalue weighted by Gasteiger charge is 2.08. The summed E-state index contributed by atoms with van der Waals surface area (Å²) in [6.45, 7) is 5.09. The maximum absolute atomic E-state index is 11.6. The van der Waals surface area contributed by atoms with E-state index in [9.17, 15) is 8.42 Å². The maximum Gasteiger partial charge on any atom is 0.211 e. The molecule has 0 aromatic heterocycles. The minimum absolute atomic E-state index is 0.210. The SMILES string of the molecule is CCCNCCCS(=O)(=O)NCCCCCOC. The molecule has 5 nitrogen and oxygen atoms in total. The predicted octanol–water partition coefficient (Wildman–Crippen LogP) is 1.11. The average molecular weight is 280 g/mol. The Morgan fingerprint density at radius 1 is 1.00 bits per heavy atom. The van der Waals surface area contributed by atoms with Crippen LogP contribution in [0.25, 0.3) is 0 Å². The number of nitrogens with one attached hydrogen (secondary N) is 2. The molecule has 6 heteroatoms. The van der Waals surface area contributed by atoms with Gasteiger partial charge in [-0.25, -0.2) is 13.1 Å². The van der Waals surface area contributed by atoms with Crippen molar-refractivity contribution in [3.8, 4) is 0 Å². The van der Waals surface area contributed by atoms with Crippen LogP contribution in [0.4, 0.5) is 0 Å². The summed E-state index contributed by atoms with van der Waals surface area (Å²) in [5, 5.41) is 3.19. The van der Waals surface area contributed by atoms with Crippen LogP contribution in [0.15, 0.2) is 0 Å². The van der Waals surface area contributed by atoms with Gasteiger partial charge in [0.2, 0.25) is 10.0 Å². The first kappa shape index (κ1) is 17.8. The smallest absolute Gasteiger partial charge is 0.211 e. The Labute approximate surface area is 112 Å². The van der Waals surface area contributed by atoms with Crippen LogP contribution in [0.5, 0.6) is 0 Å². The fraction of sp³-hybridized carbons (Fsp3) is 1.00. The fourth-order valence-electron chi connectivity index (χ4n) is 1.54. The molecule has 0 saturated carbocycles. The lowest BCUT2D eigenvalue weighted by atomic mass is 10.2. The predicted molar refractivity (Wildman–Crippen MR) is 75.3 cm³/mol. The molecular formula is C12H28N2O3S. The third-order valence-electron chi connectivity index (χ3n) is 2.54. The van der Waals surface area contributed by atoms with Crippen LogP contribution in [0.1, 0.15) is 39.0 Å². The van der Waals surface area contributed by atoms with Crippen molar-refractivity contribution in [3.63, 3.8) is 0 Å². The molecule has 0 fully saturated rings. The normalized spacial score (nSPS) is 11.9. The van der Waals surface area contributed by atoms with Crippen molar-refractivity contribution >= 4 is 10.0 Å². The topological polar surface area (TPSA) is 67.4 Å². The quantitative estimate of drug-likeness (QED) is 0.496. The molecule has 2 N–H and O–H groups in total. The van der Waals surface area contributed by atoms with E-state index in [4.69, 9.17) is 4.74 Å². The van der Waals surface area contributed by atoms with Gasteiger partial charge in [-0.15, -0.1) is 0 Å². The largest absolute Gasteiger partial charge is 0.385 e. The Kier molecular flexibility index (Phi) is 11.8. The van der Waals surface area contributed by atoms with Gasteiger partial charge in [-0.2, -0.15) is 0 Å². The number of sulfonamides is 1. The molecule has 0 amide bonds. The number of unbranched alkanes of at least 4 members (excludes halogenated alkanes) is 2. The van der Waals surface area contributed by atoms with E-state index < -0.39 is 10.0 Å². The zero-order valence-corrected chi connectivity index (χ0v) is 12.5. The van der Waals surface area contributed by atoms with Gasteiger partial charge in [0, 0.05) is 20.3 Å². The second-order valence-electron chi connectivity index (χ2n) is 4.37. The molecule has 0 aromatic rings. The van der Waals surface area contributed by atoms with Gasteiger partial charge in [0.05, 0.1) is 5.75 Å². The van der Waals surface area contributed by atoms with Crippen LogP contribution in [0, 0.1) is 0 Å². The molecule has 0 aromatic carbocycles. The zero-order chi connectivity index (χ0) is 13.7. The Bertz CT molecular complexity index is 268. The van der Waals surface area contributed by atoms with E-state index >= 15 is 0 Å². The Morgan fingerprint density at radius 2 is 1.78 bits per heavy atom. The molecule has 0 aliphatic heterocycles. The number of methoxy groups -OCH3 is 1. The number of hydrogen-bond acceptors (Lipinski definition) is 4. The number of rotatable bonds is 13. The van der Waals surface area contributed by atoms with Crippen molar-refractivity contribution in [2.75, 3.05) is 39.1 Å². The van der Waals surface area contributed by atoms with E-state index in [0.717, 1.165) is 45.4 Å². The minimum atomic E-state index is -3.08. The van der Waals surface area contributed by atoms with Gasteiger partial charge in [0.1, 0.15) is 0 Å². The van der Waals surface area contributed by atoms with Gasteiger partial charge in [-0.05, 0) is 45.2 Å². The van der Waals surface area contributed by atoms with Gasteiger partial charge in [-0.3, -0.25) is 0 Å². The molecule has 110 valence electrons. The van der Waals surface area contributed by atoms with E-state index in [1.807, 2.05) is 0 Å². The summed E-state index contributed by atoms with van der Waals surface area (Å²) in [5.41, 5.74) is 0. The standard InChI is InChI=1S/C12H28N2O3S/c1-3-8-13-9-7-12-18(15,16)14-10-5-4-6-11-17-2/h13-14H,3-12H2,1-2H3. The highest BCUT2D eigenvalue weighted by atomic mass is 32.2. The van der Waals surface area contributed by atoms with Crippen LogP contribution in [0.2, 0.25) is 0 Å². The first-order valence-electron chi connectivity index (χ1n) is 6.79. The second kappa shape index (κ2) is 11.9. The minimum Gasteiger partial charge on any atom is -0.385 e. The average Bonchev–Trinajstić information content (AvgIpc) is 2.33. The molecule has 0 saturated heterocycles.